The molecule has 1 aromatic rings. The molecule has 6 heteroatoms. The van der Waals surface area contributed by atoms with E-state index in [2.05, 4.69) is 10.6 Å². The second-order valence-corrected chi connectivity index (χ2v) is 5.65. The third kappa shape index (κ3) is 5.00. The number of carbonyl (C=O) groups is 2. The van der Waals surface area contributed by atoms with Crippen LogP contribution in [0.25, 0.3) is 0 Å². The highest BCUT2D eigenvalue weighted by Crippen LogP contribution is 2.19. The Labute approximate surface area is 118 Å². The van der Waals surface area contributed by atoms with Crippen LogP contribution >= 0.6 is 11.3 Å². The molecule has 0 radical (unpaired) electrons. The second-order valence-electron chi connectivity index (χ2n) is 4.87. The van der Waals surface area contributed by atoms with Gasteiger partial charge in [-0.05, 0) is 50.3 Å². The van der Waals surface area contributed by atoms with Crippen molar-refractivity contribution in [1.29, 1.82) is 0 Å². The molecule has 0 aliphatic carbocycles. The zero-order valence-corrected chi connectivity index (χ0v) is 12.6. The van der Waals surface area contributed by atoms with Crippen molar-refractivity contribution in [3.63, 3.8) is 0 Å². The highest BCUT2D eigenvalue weighted by Gasteiger charge is 2.19. The summed E-state index contributed by atoms with van der Waals surface area (Å²) in [5, 5.41) is 9.28. The highest BCUT2D eigenvalue weighted by molar-refractivity contribution is 7.07. The van der Waals surface area contributed by atoms with E-state index in [1.165, 1.54) is 0 Å². The van der Waals surface area contributed by atoms with Crippen molar-refractivity contribution in [3.05, 3.63) is 22.4 Å². The molecule has 0 saturated carbocycles. The number of nitrogens with one attached hydrogen (secondary N) is 2. The van der Waals surface area contributed by atoms with Crippen molar-refractivity contribution in [2.75, 3.05) is 20.6 Å². The first-order chi connectivity index (χ1) is 8.91. The van der Waals surface area contributed by atoms with Gasteiger partial charge >= 0.3 is 11.8 Å². The van der Waals surface area contributed by atoms with Gasteiger partial charge in [-0.1, -0.05) is 0 Å². The van der Waals surface area contributed by atoms with E-state index in [1.54, 1.807) is 11.3 Å². The molecule has 1 atom stereocenters. The Morgan fingerprint density at radius 2 is 2.00 bits per heavy atom. The molecule has 1 aromatic heterocycles. The van der Waals surface area contributed by atoms with E-state index in [0.717, 1.165) is 5.56 Å². The van der Waals surface area contributed by atoms with E-state index in [4.69, 9.17) is 0 Å². The number of hydrogen-bond acceptors (Lipinski definition) is 4. The molecule has 0 bridgehead atoms. The SMILES string of the molecule is CC(C)NC(=O)C(=O)NC[C@H](c1ccsc1)N(C)C. The smallest absolute Gasteiger partial charge is 0.309 e. The molecule has 0 spiro atoms. The lowest BCUT2D eigenvalue weighted by Crippen LogP contribution is -2.45. The van der Waals surface area contributed by atoms with Crippen molar-refractivity contribution < 1.29 is 9.59 Å². The van der Waals surface area contributed by atoms with Crippen LogP contribution in [0.2, 0.25) is 0 Å². The number of carbonyl (C=O) groups excluding carboxylic acids is 2. The first kappa shape index (κ1) is 15.7. The van der Waals surface area contributed by atoms with Gasteiger partial charge in [0.15, 0.2) is 0 Å². The fraction of sp³-hybridized carbons (Fsp3) is 0.538. The summed E-state index contributed by atoms with van der Waals surface area (Å²) in [7, 11) is 3.89. The Morgan fingerprint density at radius 1 is 1.32 bits per heavy atom. The van der Waals surface area contributed by atoms with Crippen LogP contribution in [0.3, 0.4) is 0 Å². The highest BCUT2D eigenvalue weighted by atomic mass is 32.1. The summed E-state index contributed by atoms with van der Waals surface area (Å²) in [6, 6.07) is 2.05. The molecular weight excluding hydrogens is 262 g/mol. The Morgan fingerprint density at radius 3 is 2.47 bits per heavy atom. The third-order valence-corrected chi connectivity index (χ3v) is 3.33. The number of thiophene rings is 1. The standard InChI is InChI=1S/C13H21N3O2S/c1-9(2)15-13(18)12(17)14-7-11(16(3)4)10-5-6-19-8-10/h5-6,8-9,11H,7H2,1-4H3,(H,14,17)(H,15,18)/t11-/m1/s1. The summed E-state index contributed by atoms with van der Waals surface area (Å²) in [6.45, 7) is 4.05. The molecule has 1 rings (SSSR count). The van der Waals surface area contributed by atoms with Crippen molar-refractivity contribution >= 4 is 23.2 Å². The predicted molar refractivity (Wildman–Crippen MR) is 77.0 cm³/mol. The van der Waals surface area contributed by atoms with Gasteiger partial charge in [0.05, 0.1) is 6.04 Å². The fourth-order valence-electron chi connectivity index (χ4n) is 1.66. The second kappa shape index (κ2) is 7.25. The Bertz CT molecular complexity index is 416. The van der Waals surface area contributed by atoms with Gasteiger partial charge in [-0.2, -0.15) is 11.3 Å². The fourth-order valence-corrected chi connectivity index (χ4v) is 2.37. The number of likely N-dealkylation sites (N-methyl/N-ethyl adjacent to an activating group) is 1. The van der Waals surface area contributed by atoms with Crippen LogP contribution in [0.15, 0.2) is 16.8 Å². The van der Waals surface area contributed by atoms with Gasteiger partial charge in [-0.25, -0.2) is 0 Å². The minimum Gasteiger partial charge on any atom is -0.346 e. The van der Waals surface area contributed by atoms with Gasteiger partial charge < -0.3 is 15.5 Å². The largest absolute Gasteiger partial charge is 0.346 e. The zero-order valence-electron chi connectivity index (χ0n) is 11.8. The van der Waals surface area contributed by atoms with Crippen molar-refractivity contribution in [1.82, 2.24) is 15.5 Å². The van der Waals surface area contributed by atoms with Gasteiger partial charge in [-0.3, -0.25) is 9.59 Å². The molecule has 0 saturated heterocycles. The predicted octanol–water partition coefficient (Wildman–Crippen LogP) is 0.992. The van der Waals surface area contributed by atoms with Crippen LogP contribution in [-0.4, -0.2) is 43.4 Å². The maximum Gasteiger partial charge on any atom is 0.309 e. The number of amides is 2. The normalized spacial score (nSPS) is 12.5. The van der Waals surface area contributed by atoms with E-state index in [9.17, 15) is 9.59 Å². The molecular formula is C13H21N3O2S. The van der Waals surface area contributed by atoms with Crippen molar-refractivity contribution in [2.45, 2.75) is 25.9 Å². The first-order valence-corrected chi connectivity index (χ1v) is 7.13. The van der Waals surface area contributed by atoms with Crippen molar-refractivity contribution in [3.8, 4) is 0 Å². The average Bonchev–Trinajstić information content (AvgIpc) is 2.81. The lowest BCUT2D eigenvalue weighted by molar-refractivity contribution is -0.139. The quantitative estimate of drug-likeness (QED) is 0.792. The van der Waals surface area contributed by atoms with Crippen LogP contribution in [0.1, 0.15) is 25.5 Å². The van der Waals surface area contributed by atoms with Crippen LogP contribution in [0.5, 0.6) is 0 Å². The maximum atomic E-state index is 11.6. The molecule has 0 aliphatic rings. The summed E-state index contributed by atoms with van der Waals surface area (Å²) in [5.74, 6) is -1.17. The maximum absolute atomic E-state index is 11.6. The molecule has 1 heterocycles. The monoisotopic (exact) mass is 283 g/mol. The van der Waals surface area contributed by atoms with Gasteiger partial charge in [0.25, 0.3) is 0 Å². The van der Waals surface area contributed by atoms with E-state index in [1.807, 2.05) is 49.7 Å². The van der Waals surface area contributed by atoms with Gasteiger partial charge in [0, 0.05) is 12.6 Å². The molecule has 0 aromatic carbocycles. The van der Waals surface area contributed by atoms with Crippen LogP contribution in [0, 0.1) is 0 Å². The van der Waals surface area contributed by atoms with E-state index >= 15 is 0 Å². The first-order valence-electron chi connectivity index (χ1n) is 6.19. The van der Waals surface area contributed by atoms with Crippen LogP contribution in [0.4, 0.5) is 0 Å². The van der Waals surface area contributed by atoms with E-state index < -0.39 is 11.8 Å². The Balaban J connectivity index is 2.53. The van der Waals surface area contributed by atoms with Gasteiger partial charge in [-0.15, -0.1) is 0 Å². The molecule has 19 heavy (non-hydrogen) atoms. The lowest BCUT2D eigenvalue weighted by atomic mass is 10.1. The number of rotatable bonds is 5. The van der Waals surface area contributed by atoms with E-state index in [0.29, 0.717) is 6.54 Å². The Hall–Kier alpha value is -1.40. The summed E-state index contributed by atoms with van der Waals surface area (Å²) >= 11 is 1.62. The van der Waals surface area contributed by atoms with Gasteiger partial charge in [0.2, 0.25) is 0 Å². The molecule has 5 nitrogen and oxygen atoms in total. The topological polar surface area (TPSA) is 61.4 Å². The number of nitrogens with zero attached hydrogens (tertiary/aromatic N) is 1. The minimum absolute atomic E-state index is 0.0419. The lowest BCUT2D eigenvalue weighted by Gasteiger charge is -2.23. The molecule has 106 valence electrons. The van der Waals surface area contributed by atoms with Crippen LogP contribution < -0.4 is 10.6 Å². The molecule has 2 N–H and O–H groups in total. The average molecular weight is 283 g/mol. The summed E-state index contributed by atoms with van der Waals surface area (Å²) in [5.41, 5.74) is 1.14. The Kier molecular flexibility index (Phi) is 5.98. The minimum atomic E-state index is -0.587. The van der Waals surface area contributed by atoms with Crippen LogP contribution in [-0.2, 0) is 9.59 Å². The van der Waals surface area contributed by atoms with E-state index in [-0.39, 0.29) is 12.1 Å². The third-order valence-electron chi connectivity index (χ3n) is 2.63. The molecule has 0 aliphatic heterocycles. The molecule has 2 amide bonds. The zero-order chi connectivity index (χ0) is 14.4. The summed E-state index contributed by atoms with van der Waals surface area (Å²) in [4.78, 5) is 25.1. The summed E-state index contributed by atoms with van der Waals surface area (Å²) in [6.07, 6.45) is 0. The molecule has 0 fully saturated rings. The van der Waals surface area contributed by atoms with Crippen molar-refractivity contribution in [2.24, 2.45) is 0 Å². The summed E-state index contributed by atoms with van der Waals surface area (Å²) < 4.78 is 0. The van der Waals surface area contributed by atoms with Gasteiger partial charge in [0.1, 0.15) is 0 Å². The molecule has 0 unspecified atom stereocenters. The number of hydrogen-bond donors (Lipinski definition) is 2.